The van der Waals surface area contributed by atoms with Crippen LogP contribution in [0.15, 0.2) is 30.3 Å². The number of rotatable bonds is 2. The number of pyridine rings is 1. The second kappa shape index (κ2) is 4.02. The van der Waals surface area contributed by atoms with Crippen molar-refractivity contribution in [1.29, 1.82) is 0 Å². The second-order valence-corrected chi connectivity index (χ2v) is 3.27. The highest BCUT2D eigenvalue weighted by molar-refractivity contribution is 5.84. The zero-order chi connectivity index (χ0) is 10.7. The molecule has 2 nitrogen and oxygen atoms in total. The van der Waals surface area contributed by atoms with E-state index >= 15 is 0 Å². The molecule has 0 fully saturated rings. The van der Waals surface area contributed by atoms with E-state index in [0.717, 1.165) is 22.3 Å². The minimum atomic E-state index is 0.273. The third-order valence-electron chi connectivity index (χ3n) is 2.13. The molecular weight excluding hydrogens is 186 g/mol. The van der Waals surface area contributed by atoms with E-state index in [2.05, 4.69) is 10.9 Å². The first-order valence-electron chi connectivity index (χ1n) is 4.74. The zero-order valence-corrected chi connectivity index (χ0v) is 8.53. The summed E-state index contributed by atoms with van der Waals surface area (Å²) in [6, 6.07) is 9.83. The van der Waals surface area contributed by atoms with E-state index < -0.39 is 0 Å². The van der Waals surface area contributed by atoms with Crippen LogP contribution in [0.4, 0.5) is 0 Å². The third kappa shape index (κ3) is 1.92. The van der Waals surface area contributed by atoms with Crippen LogP contribution < -0.4 is 4.74 Å². The van der Waals surface area contributed by atoms with Gasteiger partial charge < -0.3 is 4.74 Å². The summed E-state index contributed by atoms with van der Waals surface area (Å²) >= 11 is 0. The van der Waals surface area contributed by atoms with Crippen molar-refractivity contribution in [2.45, 2.75) is 6.92 Å². The molecule has 2 aromatic rings. The van der Waals surface area contributed by atoms with Gasteiger partial charge >= 0.3 is 0 Å². The molecule has 0 saturated carbocycles. The van der Waals surface area contributed by atoms with Crippen molar-refractivity contribution in [3.05, 3.63) is 36.0 Å². The summed E-state index contributed by atoms with van der Waals surface area (Å²) in [6.45, 7) is 2.23. The molecule has 0 atom stereocenters. The standard InChI is InChI=1S/C13H11NO/c1-3-9-15-12-6-4-5-11-8-7-10(2)14-13(11)12/h1,4-8H,9H2,2H3. The van der Waals surface area contributed by atoms with Crippen LogP contribution in [-0.2, 0) is 0 Å². The number of hydrogen-bond acceptors (Lipinski definition) is 2. The Kier molecular flexibility index (Phi) is 2.55. The van der Waals surface area contributed by atoms with Gasteiger partial charge in [-0.15, -0.1) is 6.42 Å². The molecule has 0 aliphatic carbocycles. The summed E-state index contributed by atoms with van der Waals surface area (Å²) in [4.78, 5) is 4.43. The first-order valence-corrected chi connectivity index (χ1v) is 4.74. The fourth-order valence-corrected chi connectivity index (χ4v) is 1.45. The lowest BCUT2D eigenvalue weighted by atomic mass is 10.2. The quantitative estimate of drug-likeness (QED) is 0.690. The Morgan fingerprint density at radius 2 is 2.20 bits per heavy atom. The predicted octanol–water partition coefficient (Wildman–Crippen LogP) is 2.56. The Hall–Kier alpha value is -2.01. The number of hydrogen-bond donors (Lipinski definition) is 0. The van der Waals surface area contributed by atoms with Gasteiger partial charge in [-0.05, 0) is 19.1 Å². The molecular formula is C13H11NO. The lowest BCUT2D eigenvalue weighted by Gasteiger charge is -2.06. The van der Waals surface area contributed by atoms with Crippen LogP contribution in [0.5, 0.6) is 5.75 Å². The van der Waals surface area contributed by atoms with E-state index in [1.54, 1.807) is 0 Å². The topological polar surface area (TPSA) is 22.1 Å². The molecule has 1 aromatic heterocycles. The third-order valence-corrected chi connectivity index (χ3v) is 2.13. The highest BCUT2D eigenvalue weighted by Crippen LogP contribution is 2.23. The van der Waals surface area contributed by atoms with Gasteiger partial charge in [0, 0.05) is 11.1 Å². The predicted molar refractivity (Wildman–Crippen MR) is 60.8 cm³/mol. The fourth-order valence-electron chi connectivity index (χ4n) is 1.45. The summed E-state index contributed by atoms with van der Waals surface area (Å²) in [6.07, 6.45) is 5.15. The van der Waals surface area contributed by atoms with Crippen LogP contribution in [0.3, 0.4) is 0 Å². The Morgan fingerprint density at radius 1 is 1.33 bits per heavy atom. The minimum Gasteiger partial charge on any atom is -0.479 e. The summed E-state index contributed by atoms with van der Waals surface area (Å²) in [7, 11) is 0. The van der Waals surface area contributed by atoms with Crippen molar-refractivity contribution in [2.75, 3.05) is 6.61 Å². The van der Waals surface area contributed by atoms with Gasteiger partial charge in [-0.2, -0.15) is 0 Å². The number of ether oxygens (including phenoxy) is 1. The van der Waals surface area contributed by atoms with Gasteiger partial charge in [0.15, 0.2) is 0 Å². The number of nitrogens with zero attached hydrogens (tertiary/aromatic N) is 1. The zero-order valence-electron chi connectivity index (χ0n) is 8.53. The van der Waals surface area contributed by atoms with Gasteiger partial charge in [-0.25, -0.2) is 4.98 Å². The van der Waals surface area contributed by atoms with E-state index in [1.807, 2.05) is 37.3 Å². The van der Waals surface area contributed by atoms with Crippen molar-refractivity contribution < 1.29 is 4.74 Å². The van der Waals surface area contributed by atoms with Gasteiger partial charge in [-0.3, -0.25) is 0 Å². The normalized spacial score (nSPS) is 9.87. The molecule has 0 spiro atoms. The summed E-state index contributed by atoms with van der Waals surface area (Å²) < 4.78 is 5.42. The maximum absolute atomic E-state index is 5.42. The van der Waals surface area contributed by atoms with E-state index in [1.165, 1.54) is 0 Å². The van der Waals surface area contributed by atoms with Gasteiger partial charge in [0.2, 0.25) is 0 Å². The highest BCUT2D eigenvalue weighted by Gasteiger charge is 2.02. The van der Waals surface area contributed by atoms with E-state index in [0.29, 0.717) is 0 Å². The van der Waals surface area contributed by atoms with Crippen LogP contribution in [-0.4, -0.2) is 11.6 Å². The average Bonchev–Trinajstić information content (AvgIpc) is 2.26. The highest BCUT2D eigenvalue weighted by atomic mass is 16.5. The summed E-state index contributed by atoms with van der Waals surface area (Å²) in [5, 5.41) is 1.06. The number of fused-ring (bicyclic) bond motifs is 1. The van der Waals surface area contributed by atoms with Gasteiger partial charge in [-0.1, -0.05) is 24.1 Å². The number of aryl methyl sites for hydroxylation is 1. The first-order chi connectivity index (χ1) is 7.31. The molecule has 0 unspecified atom stereocenters. The lowest BCUT2D eigenvalue weighted by Crippen LogP contribution is -1.95. The Bertz CT molecular complexity index is 526. The molecule has 74 valence electrons. The van der Waals surface area contributed by atoms with Gasteiger partial charge in [0.1, 0.15) is 17.9 Å². The maximum atomic E-state index is 5.42. The summed E-state index contributed by atoms with van der Waals surface area (Å²) in [5.41, 5.74) is 1.84. The van der Waals surface area contributed by atoms with Crippen LogP contribution in [0, 0.1) is 19.3 Å². The van der Waals surface area contributed by atoms with E-state index in [4.69, 9.17) is 11.2 Å². The van der Waals surface area contributed by atoms with Crippen molar-refractivity contribution in [3.63, 3.8) is 0 Å². The van der Waals surface area contributed by atoms with Crippen molar-refractivity contribution in [3.8, 4) is 18.1 Å². The Labute approximate surface area is 88.9 Å². The number of terminal acetylenes is 1. The molecule has 0 aliphatic rings. The maximum Gasteiger partial charge on any atom is 0.148 e. The average molecular weight is 197 g/mol. The molecule has 0 radical (unpaired) electrons. The van der Waals surface area contributed by atoms with Crippen LogP contribution >= 0.6 is 0 Å². The number of benzene rings is 1. The van der Waals surface area contributed by atoms with Crippen molar-refractivity contribution in [1.82, 2.24) is 4.98 Å². The molecule has 0 saturated heterocycles. The number of aromatic nitrogens is 1. The molecule has 2 rings (SSSR count). The Morgan fingerprint density at radius 3 is 3.00 bits per heavy atom. The SMILES string of the molecule is C#CCOc1cccc2ccc(C)nc12. The van der Waals surface area contributed by atoms with E-state index in [9.17, 15) is 0 Å². The molecule has 1 aromatic carbocycles. The second-order valence-electron chi connectivity index (χ2n) is 3.27. The summed E-state index contributed by atoms with van der Waals surface area (Å²) in [5.74, 6) is 3.19. The van der Waals surface area contributed by atoms with Crippen molar-refractivity contribution in [2.24, 2.45) is 0 Å². The first kappa shape index (κ1) is 9.54. The molecule has 1 heterocycles. The van der Waals surface area contributed by atoms with Gasteiger partial charge in [0.05, 0.1) is 0 Å². The van der Waals surface area contributed by atoms with Crippen LogP contribution in [0.25, 0.3) is 10.9 Å². The van der Waals surface area contributed by atoms with Crippen LogP contribution in [0.1, 0.15) is 5.69 Å². The molecule has 15 heavy (non-hydrogen) atoms. The minimum absolute atomic E-state index is 0.273. The van der Waals surface area contributed by atoms with E-state index in [-0.39, 0.29) is 6.61 Å². The monoisotopic (exact) mass is 197 g/mol. The molecule has 0 aliphatic heterocycles. The molecule has 2 heteroatoms. The van der Waals surface area contributed by atoms with Crippen molar-refractivity contribution >= 4 is 10.9 Å². The fraction of sp³-hybridized carbons (Fsp3) is 0.154. The largest absolute Gasteiger partial charge is 0.479 e. The molecule has 0 bridgehead atoms. The smallest absolute Gasteiger partial charge is 0.148 e. The molecule has 0 N–H and O–H groups in total. The molecule has 0 amide bonds. The van der Waals surface area contributed by atoms with Gasteiger partial charge in [0.25, 0.3) is 0 Å². The lowest BCUT2D eigenvalue weighted by molar-refractivity contribution is 0.374. The Balaban J connectivity index is 2.54. The number of para-hydroxylation sites is 1. The van der Waals surface area contributed by atoms with Crippen LogP contribution in [0.2, 0.25) is 0 Å².